The lowest BCUT2D eigenvalue weighted by atomic mass is 10.1. The number of hydrogen-bond acceptors (Lipinski definition) is 2. The molecule has 17 heavy (non-hydrogen) atoms. The number of fused-ring (bicyclic) bond motifs is 1. The van der Waals surface area contributed by atoms with Gasteiger partial charge in [0, 0.05) is 5.39 Å². The summed E-state index contributed by atoms with van der Waals surface area (Å²) in [7, 11) is 0. The summed E-state index contributed by atoms with van der Waals surface area (Å²) in [5.41, 5.74) is 3.85. The van der Waals surface area contributed by atoms with Crippen LogP contribution in [0.2, 0.25) is 0 Å². The molecule has 6 heteroatoms. The number of aromatic nitrogens is 1. The van der Waals surface area contributed by atoms with Gasteiger partial charge in [-0.1, -0.05) is 18.2 Å². The van der Waals surface area contributed by atoms with E-state index in [9.17, 15) is 18.0 Å². The first-order valence-electron chi connectivity index (χ1n) is 4.66. The van der Waals surface area contributed by atoms with Gasteiger partial charge in [0.25, 0.3) is 0 Å². The predicted molar refractivity (Wildman–Crippen MR) is 55.3 cm³/mol. The van der Waals surface area contributed by atoms with Gasteiger partial charge in [0.1, 0.15) is 5.69 Å². The van der Waals surface area contributed by atoms with Gasteiger partial charge in [-0.2, -0.15) is 13.2 Å². The van der Waals surface area contributed by atoms with Gasteiger partial charge < -0.3 is 5.73 Å². The lowest BCUT2D eigenvalue weighted by Gasteiger charge is -2.09. The van der Waals surface area contributed by atoms with E-state index in [0.717, 1.165) is 0 Å². The largest absolute Gasteiger partial charge is 0.433 e. The van der Waals surface area contributed by atoms with Crippen molar-refractivity contribution in [2.45, 2.75) is 6.18 Å². The van der Waals surface area contributed by atoms with Crippen molar-refractivity contribution in [1.82, 2.24) is 4.98 Å². The Bertz CT molecular complexity index is 593. The van der Waals surface area contributed by atoms with Crippen molar-refractivity contribution in [3.05, 3.63) is 41.6 Å². The Morgan fingerprint density at radius 1 is 1.24 bits per heavy atom. The number of halogens is 3. The van der Waals surface area contributed by atoms with Gasteiger partial charge in [0.2, 0.25) is 5.91 Å². The third-order valence-electron chi connectivity index (χ3n) is 2.27. The van der Waals surface area contributed by atoms with Crippen LogP contribution in [0.4, 0.5) is 13.2 Å². The van der Waals surface area contributed by atoms with Crippen LogP contribution >= 0.6 is 0 Å². The van der Waals surface area contributed by atoms with Crippen molar-refractivity contribution in [3.8, 4) is 0 Å². The summed E-state index contributed by atoms with van der Waals surface area (Å²) in [5.74, 6) is -0.908. The van der Waals surface area contributed by atoms with E-state index in [-0.39, 0.29) is 11.1 Å². The fourth-order valence-electron chi connectivity index (χ4n) is 1.52. The smallest absolute Gasteiger partial charge is 0.366 e. The number of carbonyl (C=O) groups excluding carboxylic acids is 1. The first kappa shape index (κ1) is 11.4. The predicted octanol–water partition coefficient (Wildman–Crippen LogP) is 2.35. The van der Waals surface area contributed by atoms with E-state index in [1.54, 1.807) is 12.1 Å². The van der Waals surface area contributed by atoms with E-state index < -0.39 is 17.8 Å². The van der Waals surface area contributed by atoms with Crippen molar-refractivity contribution in [1.29, 1.82) is 0 Å². The van der Waals surface area contributed by atoms with Crippen LogP contribution in [0.15, 0.2) is 30.3 Å². The summed E-state index contributed by atoms with van der Waals surface area (Å²) in [6.07, 6.45) is -4.60. The fourth-order valence-corrected chi connectivity index (χ4v) is 1.52. The molecule has 0 saturated carbocycles. The van der Waals surface area contributed by atoms with Crippen LogP contribution in [0.3, 0.4) is 0 Å². The minimum absolute atomic E-state index is 0.0936. The monoisotopic (exact) mass is 240 g/mol. The molecule has 3 nitrogen and oxygen atoms in total. The summed E-state index contributed by atoms with van der Waals surface area (Å²) < 4.78 is 37.6. The molecular weight excluding hydrogens is 233 g/mol. The Labute approximate surface area is 94.1 Å². The van der Waals surface area contributed by atoms with Gasteiger partial charge in [0.15, 0.2) is 0 Å². The molecule has 1 amide bonds. The standard InChI is InChI=1S/C11H7F3N2O/c12-11(13,14)9-5-7(10(15)17)6-3-1-2-4-8(6)16-9/h1-5H,(H2,15,17). The lowest BCUT2D eigenvalue weighted by molar-refractivity contribution is -0.140. The topological polar surface area (TPSA) is 56.0 Å². The minimum Gasteiger partial charge on any atom is -0.366 e. The van der Waals surface area contributed by atoms with Crippen LogP contribution < -0.4 is 5.73 Å². The summed E-state index contributed by atoms with van der Waals surface area (Å²) >= 11 is 0. The second-order valence-corrected chi connectivity index (χ2v) is 3.43. The molecule has 1 heterocycles. The van der Waals surface area contributed by atoms with Crippen LogP contribution in [-0.4, -0.2) is 10.9 Å². The van der Waals surface area contributed by atoms with Crippen LogP contribution in [0, 0.1) is 0 Å². The molecule has 0 spiro atoms. The van der Waals surface area contributed by atoms with E-state index in [2.05, 4.69) is 4.98 Å². The van der Waals surface area contributed by atoms with E-state index in [1.165, 1.54) is 12.1 Å². The zero-order valence-corrected chi connectivity index (χ0v) is 8.45. The molecule has 0 atom stereocenters. The Kier molecular flexibility index (Phi) is 2.49. The van der Waals surface area contributed by atoms with Crippen LogP contribution in [-0.2, 0) is 6.18 Å². The minimum atomic E-state index is -4.60. The average Bonchev–Trinajstić information content (AvgIpc) is 2.26. The molecule has 0 aliphatic heterocycles. The van der Waals surface area contributed by atoms with Gasteiger partial charge in [-0.15, -0.1) is 0 Å². The van der Waals surface area contributed by atoms with Gasteiger partial charge in [-0.05, 0) is 12.1 Å². The molecule has 0 unspecified atom stereocenters. The zero-order chi connectivity index (χ0) is 12.6. The number of amides is 1. The summed E-state index contributed by atoms with van der Waals surface area (Å²) in [6, 6.07) is 6.72. The molecule has 88 valence electrons. The number of alkyl halides is 3. The SMILES string of the molecule is NC(=O)c1cc(C(F)(F)F)nc2ccccc12. The highest BCUT2D eigenvalue weighted by molar-refractivity contribution is 6.05. The number of primary amides is 1. The molecule has 0 bridgehead atoms. The number of rotatable bonds is 1. The Hall–Kier alpha value is -2.11. The maximum atomic E-state index is 12.5. The highest BCUT2D eigenvalue weighted by Crippen LogP contribution is 2.30. The Balaban J connectivity index is 2.81. The Morgan fingerprint density at radius 2 is 1.88 bits per heavy atom. The molecule has 1 aromatic heterocycles. The molecule has 0 aliphatic rings. The van der Waals surface area contributed by atoms with Crippen molar-refractivity contribution >= 4 is 16.8 Å². The molecule has 0 saturated heterocycles. The first-order chi connectivity index (χ1) is 7.89. The maximum Gasteiger partial charge on any atom is 0.433 e. The van der Waals surface area contributed by atoms with E-state index in [0.29, 0.717) is 11.5 Å². The van der Waals surface area contributed by atoms with Crippen LogP contribution in [0.25, 0.3) is 10.9 Å². The normalized spacial score (nSPS) is 11.7. The Morgan fingerprint density at radius 3 is 2.47 bits per heavy atom. The molecular formula is C11H7F3N2O. The van der Waals surface area contributed by atoms with Crippen molar-refractivity contribution in [3.63, 3.8) is 0 Å². The maximum absolute atomic E-state index is 12.5. The summed E-state index contributed by atoms with van der Waals surface area (Å²) in [5, 5.41) is 0.313. The fraction of sp³-hybridized carbons (Fsp3) is 0.0909. The molecule has 2 rings (SSSR count). The summed E-state index contributed by atoms with van der Waals surface area (Å²) in [4.78, 5) is 14.6. The number of para-hydroxylation sites is 1. The second kappa shape index (κ2) is 3.73. The van der Waals surface area contributed by atoms with Crippen molar-refractivity contribution in [2.24, 2.45) is 5.73 Å². The number of nitrogens with two attached hydrogens (primary N) is 1. The van der Waals surface area contributed by atoms with Gasteiger partial charge in [-0.3, -0.25) is 4.79 Å². The third kappa shape index (κ3) is 2.06. The molecule has 0 fully saturated rings. The third-order valence-corrected chi connectivity index (χ3v) is 2.27. The van der Waals surface area contributed by atoms with E-state index >= 15 is 0 Å². The highest BCUT2D eigenvalue weighted by Gasteiger charge is 2.33. The van der Waals surface area contributed by atoms with Gasteiger partial charge in [0.05, 0.1) is 11.1 Å². The number of pyridine rings is 1. The van der Waals surface area contributed by atoms with Gasteiger partial charge >= 0.3 is 6.18 Å². The second-order valence-electron chi connectivity index (χ2n) is 3.43. The van der Waals surface area contributed by atoms with Crippen molar-refractivity contribution in [2.75, 3.05) is 0 Å². The molecule has 1 aromatic carbocycles. The lowest BCUT2D eigenvalue weighted by Crippen LogP contribution is -2.15. The first-order valence-corrected chi connectivity index (χ1v) is 4.66. The van der Waals surface area contributed by atoms with Crippen LogP contribution in [0.1, 0.15) is 16.1 Å². The number of benzene rings is 1. The van der Waals surface area contributed by atoms with E-state index in [1.807, 2.05) is 0 Å². The number of nitrogens with zero attached hydrogens (tertiary/aromatic N) is 1. The van der Waals surface area contributed by atoms with E-state index in [4.69, 9.17) is 5.73 Å². The van der Waals surface area contributed by atoms with Gasteiger partial charge in [-0.25, -0.2) is 4.98 Å². The summed E-state index contributed by atoms with van der Waals surface area (Å²) in [6.45, 7) is 0. The molecule has 2 aromatic rings. The zero-order valence-electron chi connectivity index (χ0n) is 8.45. The molecule has 2 N–H and O–H groups in total. The quantitative estimate of drug-likeness (QED) is 0.831. The number of hydrogen-bond donors (Lipinski definition) is 1. The van der Waals surface area contributed by atoms with Crippen LogP contribution in [0.5, 0.6) is 0 Å². The molecule has 0 radical (unpaired) electrons. The average molecular weight is 240 g/mol. The molecule has 0 aliphatic carbocycles. The van der Waals surface area contributed by atoms with Crippen molar-refractivity contribution < 1.29 is 18.0 Å². The number of carbonyl (C=O) groups is 1. The highest BCUT2D eigenvalue weighted by atomic mass is 19.4.